The number of carbonyl (C=O) groups excluding carboxylic acids is 2. The maximum absolute atomic E-state index is 12.0. The van der Waals surface area contributed by atoms with E-state index < -0.39 is 0 Å². The highest BCUT2D eigenvalue weighted by atomic mass is 35.5. The molecule has 0 spiro atoms. The van der Waals surface area contributed by atoms with Gasteiger partial charge in [0.15, 0.2) is 5.15 Å². The number of nitrogens with zero attached hydrogens (tertiary/aromatic N) is 2. The van der Waals surface area contributed by atoms with Crippen LogP contribution in [0.3, 0.4) is 0 Å². The van der Waals surface area contributed by atoms with Crippen LogP contribution < -0.4 is 5.32 Å². The Morgan fingerprint density at radius 2 is 2.29 bits per heavy atom. The van der Waals surface area contributed by atoms with Gasteiger partial charge in [-0.05, 0) is 19.1 Å². The molecular formula is C14H18ClN3O3. The van der Waals surface area contributed by atoms with Gasteiger partial charge in [-0.1, -0.05) is 17.7 Å². The topological polar surface area (TPSA) is 71.5 Å². The summed E-state index contributed by atoms with van der Waals surface area (Å²) < 4.78 is 4.86. The molecule has 7 heteroatoms. The van der Waals surface area contributed by atoms with E-state index in [1.165, 1.54) is 6.20 Å². The predicted octanol–water partition coefficient (Wildman–Crippen LogP) is 1.72. The van der Waals surface area contributed by atoms with Gasteiger partial charge < -0.3 is 10.1 Å². The monoisotopic (exact) mass is 311 g/mol. The van der Waals surface area contributed by atoms with Crippen molar-refractivity contribution in [2.45, 2.75) is 6.92 Å². The van der Waals surface area contributed by atoms with E-state index in [4.69, 9.17) is 16.3 Å². The molecule has 114 valence electrons. The molecule has 1 aromatic rings. The molecule has 0 bridgehead atoms. The zero-order chi connectivity index (χ0) is 15.7. The molecule has 1 rings (SSSR count). The second kappa shape index (κ2) is 9.10. The Kier molecular flexibility index (Phi) is 7.42. The van der Waals surface area contributed by atoms with Crippen LogP contribution in [0.25, 0.3) is 0 Å². The molecule has 0 unspecified atom stereocenters. The molecule has 0 saturated carbocycles. The van der Waals surface area contributed by atoms with Crippen LogP contribution in [0.4, 0.5) is 5.69 Å². The number of ether oxygens (including phenoxy) is 1. The molecule has 0 saturated heterocycles. The smallest absolute Gasteiger partial charge is 0.320 e. The average Bonchev–Trinajstić information content (AvgIpc) is 2.41. The van der Waals surface area contributed by atoms with Crippen molar-refractivity contribution in [2.75, 3.05) is 31.6 Å². The van der Waals surface area contributed by atoms with Gasteiger partial charge >= 0.3 is 5.97 Å². The summed E-state index contributed by atoms with van der Waals surface area (Å²) in [6, 6.07) is 3.32. The molecule has 1 heterocycles. The average molecular weight is 312 g/mol. The van der Waals surface area contributed by atoms with Crippen LogP contribution in [-0.2, 0) is 14.3 Å². The van der Waals surface area contributed by atoms with Crippen molar-refractivity contribution in [3.8, 4) is 0 Å². The first-order valence-electron chi connectivity index (χ1n) is 6.46. The maximum Gasteiger partial charge on any atom is 0.320 e. The minimum atomic E-state index is -0.383. The SMILES string of the molecule is C=CCN(CC(=O)Nc1cccnc1Cl)CC(=O)OCC. The van der Waals surface area contributed by atoms with Crippen molar-refractivity contribution < 1.29 is 14.3 Å². The molecule has 0 aliphatic rings. The van der Waals surface area contributed by atoms with Crippen LogP contribution in [0.5, 0.6) is 0 Å². The van der Waals surface area contributed by atoms with Crippen molar-refractivity contribution in [3.63, 3.8) is 0 Å². The van der Waals surface area contributed by atoms with Crippen LogP contribution >= 0.6 is 11.6 Å². The Hall–Kier alpha value is -1.92. The van der Waals surface area contributed by atoms with Crippen LogP contribution in [-0.4, -0.2) is 48.0 Å². The lowest BCUT2D eigenvalue weighted by molar-refractivity contribution is -0.144. The van der Waals surface area contributed by atoms with Crippen molar-refractivity contribution in [1.29, 1.82) is 0 Å². The van der Waals surface area contributed by atoms with Gasteiger partial charge in [-0.3, -0.25) is 14.5 Å². The van der Waals surface area contributed by atoms with E-state index in [1.807, 2.05) is 0 Å². The number of halogens is 1. The number of pyridine rings is 1. The molecule has 21 heavy (non-hydrogen) atoms. The van der Waals surface area contributed by atoms with Gasteiger partial charge in [0.25, 0.3) is 0 Å². The third kappa shape index (κ3) is 6.37. The third-order valence-electron chi connectivity index (χ3n) is 2.45. The largest absolute Gasteiger partial charge is 0.465 e. The summed E-state index contributed by atoms with van der Waals surface area (Å²) in [6.07, 6.45) is 3.15. The molecule has 1 amide bonds. The van der Waals surface area contributed by atoms with Crippen molar-refractivity contribution in [1.82, 2.24) is 9.88 Å². The fraction of sp³-hybridized carbons (Fsp3) is 0.357. The summed E-state index contributed by atoms with van der Waals surface area (Å²) in [5.41, 5.74) is 0.429. The quantitative estimate of drug-likeness (QED) is 0.450. The summed E-state index contributed by atoms with van der Waals surface area (Å²) in [5, 5.41) is 2.86. The molecule has 1 aromatic heterocycles. The second-order valence-corrected chi connectivity index (χ2v) is 4.51. The number of anilines is 1. The van der Waals surface area contributed by atoms with E-state index >= 15 is 0 Å². The first kappa shape index (κ1) is 17.1. The number of esters is 1. The molecule has 0 aliphatic heterocycles. The zero-order valence-corrected chi connectivity index (χ0v) is 12.6. The molecular weight excluding hydrogens is 294 g/mol. The minimum Gasteiger partial charge on any atom is -0.465 e. The van der Waals surface area contributed by atoms with Crippen molar-refractivity contribution in [2.24, 2.45) is 0 Å². The molecule has 0 aliphatic carbocycles. The van der Waals surface area contributed by atoms with Crippen LogP contribution in [0, 0.1) is 0 Å². The molecule has 0 atom stereocenters. The normalized spacial score (nSPS) is 10.2. The molecule has 0 radical (unpaired) electrons. The van der Waals surface area contributed by atoms with E-state index in [1.54, 1.807) is 30.0 Å². The summed E-state index contributed by atoms with van der Waals surface area (Å²) in [5.74, 6) is -0.678. The fourth-order valence-corrected chi connectivity index (χ4v) is 1.80. The Morgan fingerprint density at radius 3 is 2.90 bits per heavy atom. The van der Waals surface area contributed by atoms with Gasteiger partial charge in [0.1, 0.15) is 0 Å². The van der Waals surface area contributed by atoms with Gasteiger partial charge in [0.2, 0.25) is 5.91 Å². The number of rotatable bonds is 8. The highest BCUT2D eigenvalue weighted by Gasteiger charge is 2.15. The fourth-order valence-electron chi connectivity index (χ4n) is 1.63. The summed E-state index contributed by atoms with van der Waals surface area (Å²) in [6.45, 7) is 6.08. The Labute approximate surface area is 128 Å². The molecule has 0 fully saturated rings. The molecule has 0 aromatic carbocycles. The van der Waals surface area contributed by atoms with E-state index in [-0.39, 0.29) is 30.1 Å². The number of aromatic nitrogens is 1. The van der Waals surface area contributed by atoms with Gasteiger partial charge in [-0.2, -0.15) is 0 Å². The summed E-state index contributed by atoms with van der Waals surface area (Å²) in [4.78, 5) is 28.9. The van der Waals surface area contributed by atoms with Crippen molar-refractivity contribution >= 4 is 29.2 Å². The van der Waals surface area contributed by atoms with Crippen LogP contribution in [0.15, 0.2) is 31.0 Å². The lowest BCUT2D eigenvalue weighted by Crippen LogP contribution is -2.37. The number of hydrogen-bond donors (Lipinski definition) is 1. The number of nitrogens with one attached hydrogen (secondary N) is 1. The molecule has 1 N–H and O–H groups in total. The van der Waals surface area contributed by atoms with Gasteiger partial charge in [0, 0.05) is 12.7 Å². The van der Waals surface area contributed by atoms with E-state index in [9.17, 15) is 9.59 Å². The number of carbonyl (C=O) groups is 2. The third-order valence-corrected chi connectivity index (χ3v) is 2.75. The lowest BCUT2D eigenvalue weighted by atomic mass is 10.4. The summed E-state index contributed by atoms with van der Waals surface area (Å²) in [7, 11) is 0. The first-order valence-corrected chi connectivity index (χ1v) is 6.83. The van der Waals surface area contributed by atoms with Gasteiger partial charge in [0.05, 0.1) is 25.4 Å². The zero-order valence-electron chi connectivity index (χ0n) is 11.8. The van der Waals surface area contributed by atoms with E-state index in [0.29, 0.717) is 18.8 Å². The number of amides is 1. The van der Waals surface area contributed by atoms with Gasteiger partial charge in [-0.15, -0.1) is 6.58 Å². The second-order valence-electron chi connectivity index (χ2n) is 4.15. The minimum absolute atomic E-state index is 0.0219. The number of hydrogen-bond acceptors (Lipinski definition) is 5. The van der Waals surface area contributed by atoms with E-state index in [0.717, 1.165) is 0 Å². The highest BCUT2D eigenvalue weighted by Crippen LogP contribution is 2.17. The van der Waals surface area contributed by atoms with Crippen LogP contribution in [0.1, 0.15) is 6.92 Å². The first-order chi connectivity index (χ1) is 10.1. The Bertz CT molecular complexity index is 508. The maximum atomic E-state index is 12.0. The molecule has 6 nitrogen and oxygen atoms in total. The van der Waals surface area contributed by atoms with Gasteiger partial charge in [-0.25, -0.2) is 4.98 Å². The summed E-state index contributed by atoms with van der Waals surface area (Å²) >= 11 is 5.86. The van der Waals surface area contributed by atoms with E-state index in [2.05, 4.69) is 16.9 Å². The Morgan fingerprint density at radius 1 is 1.52 bits per heavy atom. The van der Waals surface area contributed by atoms with Crippen molar-refractivity contribution in [3.05, 3.63) is 36.1 Å². The lowest BCUT2D eigenvalue weighted by Gasteiger charge is -2.19. The standard InChI is InChI=1S/C14H18ClN3O3/c1-3-8-18(10-13(20)21-4-2)9-12(19)17-11-6-5-7-16-14(11)15/h3,5-7H,1,4,8-10H2,2H3,(H,17,19). The van der Waals surface area contributed by atoms with Crippen LogP contribution in [0.2, 0.25) is 5.15 Å². The predicted molar refractivity (Wildman–Crippen MR) is 81.1 cm³/mol. The highest BCUT2D eigenvalue weighted by molar-refractivity contribution is 6.32. The Balaban J connectivity index is 2.58.